The van der Waals surface area contributed by atoms with E-state index in [1.165, 1.54) is 12.8 Å². The van der Waals surface area contributed by atoms with E-state index in [2.05, 4.69) is 26.1 Å². The average Bonchev–Trinajstić information content (AvgIpc) is 2.15. The molecule has 0 aromatic heterocycles. The molecule has 0 heterocycles. The van der Waals surface area contributed by atoms with Gasteiger partial charge in [-0.2, -0.15) is 0 Å². The number of hydrogen-bond donors (Lipinski definition) is 2. The maximum atomic E-state index is 11.6. The highest BCUT2D eigenvalue weighted by Crippen LogP contribution is 2.08. The first kappa shape index (κ1) is 16.4. The van der Waals surface area contributed by atoms with Gasteiger partial charge in [0, 0.05) is 18.5 Å². The largest absolute Gasteiger partial charge is 0.354 e. The Bertz CT molecular complexity index is 202. The maximum Gasteiger partial charge on any atom is 0.220 e. The van der Waals surface area contributed by atoms with E-state index >= 15 is 0 Å². The summed E-state index contributed by atoms with van der Waals surface area (Å²) in [6.45, 7) is 8.53. The van der Waals surface area contributed by atoms with Crippen molar-refractivity contribution in [1.82, 2.24) is 5.32 Å². The number of carbonyl (C=O) groups is 1. The first-order valence-corrected chi connectivity index (χ1v) is 6.96. The van der Waals surface area contributed by atoms with Crippen molar-refractivity contribution < 1.29 is 4.79 Å². The summed E-state index contributed by atoms with van der Waals surface area (Å²) in [4.78, 5) is 11.6. The van der Waals surface area contributed by atoms with Crippen LogP contribution in [-0.4, -0.2) is 18.0 Å². The number of nitrogens with two attached hydrogens (primary N) is 1. The summed E-state index contributed by atoms with van der Waals surface area (Å²) in [6.07, 6.45) is 5.94. The number of amides is 1. The van der Waals surface area contributed by atoms with Gasteiger partial charge >= 0.3 is 0 Å². The Balaban J connectivity index is 3.52. The second-order valence-corrected chi connectivity index (χ2v) is 5.66. The van der Waals surface area contributed by atoms with Crippen molar-refractivity contribution in [2.75, 3.05) is 0 Å². The third-order valence-corrected chi connectivity index (χ3v) is 2.89. The molecule has 0 bridgehead atoms. The Morgan fingerprint density at radius 1 is 1.06 bits per heavy atom. The van der Waals surface area contributed by atoms with Crippen LogP contribution in [0.4, 0.5) is 0 Å². The molecule has 0 aliphatic carbocycles. The summed E-state index contributed by atoms with van der Waals surface area (Å²) in [7, 11) is 0. The zero-order chi connectivity index (χ0) is 13.3. The van der Waals surface area contributed by atoms with Crippen molar-refractivity contribution in [1.29, 1.82) is 0 Å². The highest BCUT2D eigenvalue weighted by Gasteiger charge is 2.07. The molecule has 0 spiro atoms. The molecule has 2 atom stereocenters. The van der Waals surface area contributed by atoms with Gasteiger partial charge in [-0.15, -0.1) is 0 Å². The van der Waals surface area contributed by atoms with Gasteiger partial charge in [0.2, 0.25) is 5.91 Å². The number of rotatable bonds is 9. The Morgan fingerprint density at radius 3 is 2.24 bits per heavy atom. The average molecular weight is 242 g/mol. The van der Waals surface area contributed by atoms with E-state index in [9.17, 15) is 4.79 Å². The van der Waals surface area contributed by atoms with Gasteiger partial charge in [0.25, 0.3) is 0 Å². The van der Waals surface area contributed by atoms with Crippen LogP contribution in [0.25, 0.3) is 0 Å². The van der Waals surface area contributed by atoms with Crippen LogP contribution in [0.1, 0.15) is 66.2 Å². The van der Waals surface area contributed by atoms with Crippen molar-refractivity contribution in [2.45, 2.75) is 78.3 Å². The first-order chi connectivity index (χ1) is 7.91. The summed E-state index contributed by atoms with van der Waals surface area (Å²) in [5, 5.41) is 3.05. The van der Waals surface area contributed by atoms with Crippen LogP contribution in [0.5, 0.6) is 0 Å². The van der Waals surface area contributed by atoms with E-state index in [-0.39, 0.29) is 11.9 Å². The number of nitrogens with one attached hydrogen (secondary N) is 1. The van der Waals surface area contributed by atoms with Gasteiger partial charge in [-0.1, -0.05) is 26.7 Å². The smallest absolute Gasteiger partial charge is 0.220 e. The van der Waals surface area contributed by atoms with E-state index in [4.69, 9.17) is 5.73 Å². The first-order valence-electron chi connectivity index (χ1n) is 6.96. The molecule has 0 aliphatic rings. The molecule has 1 amide bonds. The van der Waals surface area contributed by atoms with Gasteiger partial charge in [-0.25, -0.2) is 0 Å². The monoisotopic (exact) mass is 242 g/mol. The molecule has 17 heavy (non-hydrogen) atoms. The van der Waals surface area contributed by atoms with Crippen molar-refractivity contribution in [2.24, 2.45) is 11.7 Å². The minimum atomic E-state index is 0.169. The molecule has 0 aromatic carbocycles. The Labute approximate surface area is 107 Å². The van der Waals surface area contributed by atoms with Crippen LogP contribution < -0.4 is 11.1 Å². The molecule has 3 heteroatoms. The highest BCUT2D eigenvalue weighted by atomic mass is 16.1. The standard InChI is InChI=1S/C14H30N2O/c1-11(2)7-5-9-13(4)16-14(17)10-6-8-12(3)15/h11-13H,5-10,15H2,1-4H3,(H,16,17). The minimum Gasteiger partial charge on any atom is -0.354 e. The van der Waals surface area contributed by atoms with E-state index in [1.807, 2.05) is 6.92 Å². The van der Waals surface area contributed by atoms with Crippen LogP contribution >= 0.6 is 0 Å². The molecule has 102 valence electrons. The molecule has 2 unspecified atom stereocenters. The molecular weight excluding hydrogens is 212 g/mol. The molecular formula is C14H30N2O. The molecule has 0 fully saturated rings. The zero-order valence-corrected chi connectivity index (χ0v) is 12.0. The molecule has 0 saturated carbocycles. The van der Waals surface area contributed by atoms with Crippen molar-refractivity contribution in [3.8, 4) is 0 Å². The number of carbonyl (C=O) groups excluding carboxylic acids is 1. The van der Waals surface area contributed by atoms with Crippen LogP contribution in [0.3, 0.4) is 0 Å². The fourth-order valence-electron chi connectivity index (χ4n) is 1.84. The van der Waals surface area contributed by atoms with Crippen LogP contribution in [0, 0.1) is 5.92 Å². The molecule has 0 radical (unpaired) electrons. The Kier molecular flexibility index (Phi) is 9.14. The van der Waals surface area contributed by atoms with E-state index in [1.54, 1.807) is 0 Å². The Morgan fingerprint density at radius 2 is 1.71 bits per heavy atom. The summed E-state index contributed by atoms with van der Waals surface area (Å²) < 4.78 is 0. The van der Waals surface area contributed by atoms with E-state index in [0.717, 1.165) is 25.2 Å². The van der Waals surface area contributed by atoms with E-state index < -0.39 is 0 Å². The second-order valence-electron chi connectivity index (χ2n) is 5.66. The zero-order valence-electron chi connectivity index (χ0n) is 12.0. The fourth-order valence-corrected chi connectivity index (χ4v) is 1.84. The lowest BCUT2D eigenvalue weighted by atomic mass is 10.0. The normalized spacial score (nSPS) is 14.7. The molecule has 0 rings (SSSR count). The molecule has 0 saturated heterocycles. The highest BCUT2D eigenvalue weighted by molar-refractivity contribution is 5.76. The van der Waals surface area contributed by atoms with Gasteiger partial charge in [-0.3, -0.25) is 4.79 Å². The molecule has 0 aromatic rings. The van der Waals surface area contributed by atoms with Crippen LogP contribution in [0.15, 0.2) is 0 Å². The third kappa shape index (κ3) is 11.7. The summed E-state index contributed by atoms with van der Waals surface area (Å²) in [5.74, 6) is 0.923. The van der Waals surface area contributed by atoms with Gasteiger partial charge in [-0.05, 0) is 39.0 Å². The summed E-state index contributed by atoms with van der Waals surface area (Å²) in [5.41, 5.74) is 5.64. The topological polar surface area (TPSA) is 55.1 Å². The second kappa shape index (κ2) is 9.46. The molecule has 3 nitrogen and oxygen atoms in total. The summed E-state index contributed by atoms with van der Waals surface area (Å²) >= 11 is 0. The van der Waals surface area contributed by atoms with Crippen LogP contribution in [0.2, 0.25) is 0 Å². The van der Waals surface area contributed by atoms with Gasteiger partial charge in [0.05, 0.1) is 0 Å². The predicted octanol–water partition coefficient (Wildman–Crippen LogP) is 2.83. The molecule has 0 aliphatic heterocycles. The van der Waals surface area contributed by atoms with Crippen molar-refractivity contribution in [3.05, 3.63) is 0 Å². The van der Waals surface area contributed by atoms with Gasteiger partial charge < -0.3 is 11.1 Å². The third-order valence-electron chi connectivity index (χ3n) is 2.89. The lowest BCUT2D eigenvalue weighted by Crippen LogP contribution is -2.32. The Hall–Kier alpha value is -0.570. The van der Waals surface area contributed by atoms with E-state index in [0.29, 0.717) is 12.5 Å². The van der Waals surface area contributed by atoms with Gasteiger partial charge in [0.1, 0.15) is 0 Å². The minimum absolute atomic E-state index is 0.169. The van der Waals surface area contributed by atoms with Crippen molar-refractivity contribution in [3.63, 3.8) is 0 Å². The lowest BCUT2D eigenvalue weighted by Gasteiger charge is -2.14. The van der Waals surface area contributed by atoms with Crippen LogP contribution in [-0.2, 0) is 4.79 Å². The SMILES string of the molecule is CC(C)CCCC(C)NC(=O)CCCC(C)N. The van der Waals surface area contributed by atoms with Crippen molar-refractivity contribution >= 4 is 5.91 Å². The fraction of sp³-hybridized carbons (Fsp3) is 0.929. The predicted molar refractivity (Wildman–Crippen MR) is 73.8 cm³/mol. The maximum absolute atomic E-state index is 11.6. The van der Waals surface area contributed by atoms with Gasteiger partial charge in [0.15, 0.2) is 0 Å². The lowest BCUT2D eigenvalue weighted by molar-refractivity contribution is -0.121. The molecule has 3 N–H and O–H groups in total. The number of hydrogen-bond acceptors (Lipinski definition) is 2. The summed E-state index contributed by atoms with van der Waals surface area (Å²) in [6, 6.07) is 0.503. The quantitative estimate of drug-likeness (QED) is 0.653.